The van der Waals surface area contributed by atoms with Gasteiger partial charge in [-0.2, -0.15) is 0 Å². The number of hydrogen-bond donors (Lipinski definition) is 1. The van der Waals surface area contributed by atoms with Gasteiger partial charge >= 0.3 is 5.97 Å². The first-order chi connectivity index (χ1) is 9.76. The van der Waals surface area contributed by atoms with Crippen molar-refractivity contribution >= 4 is 5.97 Å². The molecule has 0 aliphatic rings. The van der Waals surface area contributed by atoms with Crippen LogP contribution in [0.3, 0.4) is 0 Å². The first-order valence-electron chi connectivity index (χ1n) is 6.73. The molecule has 0 aromatic carbocycles. The SMILES string of the molecule is Cn1cnc(-c2nnnn2CC(CC(C)(C)C)C(=O)O)c1. The molecule has 2 aromatic heterocycles. The van der Waals surface area contributed by atoms with Crippen molar-refractivity contribution < 1.29 is 9.90 Å². The van der Waals surface area contributed by atoms with Gasteiger partial charge in [0, 0.05) is 13.2 Å². The van der Waals surface area contributed by atoms with Crippen LogP contribution in [-0.4, -0.2) is 40.8 Å². The van der Waals surface area contributed by atoms with Gasteiger partial charge in [-0.3, -0.25) is 4.79 Å². The van der Waals surface area contributed by atoms with Crippen LogP contribution < -0.4 is 0 Å². The molecule has 0 saturated carbocycles. The quantitative estimate of drug-likeness (QED) is 0.889. The highest BCUT2D eigenvalue weighted by Gasteiger charge is 2.27. The molecule has 114 valence electrons. The molecule has 1 N–H and O–H groups in total. The molecule has 0 saturated heterocycles. The molecule has 2 aromatic rings. The molecule has 8 nitrogen and oxygen atoms in total. The molecule has 0 bridgehead atoms. The zero-order valence-corrected chi connectivity index (χ0v) is 12.7. The van der Waals surface area contributed by atoms with Gasteiger partial charge in [0.05, 0.1) is 18.8 Å². The third kappa shape index (κ3) is 3.87. The van der Waals surface area contributed by atoms with E-state index >= 15 is 0 Å². The Morgan fingerprint density at radius 2 is 2.14 bits per heavy atom. The molecule has 0 aliphatic carbocycles. The van der Waals surface area contributed by atoms with Crippen molar-refractivity contribution in [1.82, 2.24) is 29.8 Å². The molecule has 2 heterocycles. The van der Waals surface area contributed by atoms with Gasteiger partial charge in [-0.1, -0.05) is 20.8 Å². The van der Waals surface area contributed by atoms with Crippen LogP contribution in [0, 0.1) is 11.3 Å². The van der Waals surface area contributed by atoms with E-state index in [1.165, 1.54) is 4.68 Å². The second-order valence-corrected chi connectivity index (χ2v) is 6.41. The summed E-state index contributed by atoms with van der Waals surface area (Å²) in [5.74, 6) is -0.904. The summed E-state index contributed by atoms with van der Waals surface area (Å²) in [7, 11) is 1.85. The van der Waals surface area contributed by atoms with Crippen molar-refractivity contribution in [3.05, 3.63) is 12.5 Å². The smallest absolute Gasteiger partial charge is 0.308 e. The van der Waals surface area contributed by atoms with Crippen LogP contribution in [-0.2, 0) is 18.4 Å². The van der Waals surface area contributed by atoms with Gasteiger partial charge in [0.15, 0.2) is 0 Å². The molecular formula is C13H20N6O2. The number of carbonyl (C=O) groups is 1. The number of aliphatic carboxylic acids is 1. The summed E-state index contributed by atoms with van der Waals surface area (Å²) in [6, 6.07) is 0. The molecule has 2 rings (SSSR count). The number of imidazole rings is 1. The van der Waals surface area contributed by atoms with E-state index in [-0.39, 0.29) is 12.0 Å². The summed E-state index contributed by atoms with van der Waals surface area (Å²) in [6.45, 7) is 6.28. The molecule has 21 heavy (non-hydrogen) atoms. The Balaban J connectivity index is 2.22. The maximum absolute atomic E-state index is 11.5. The number of hydrogen-bond acceptors (Lipinski definition) is 5. The van der Waals surface area contributed by atoms with E-state index in [9.17, 15) is 9.90 Å². The lowest BCUT2D eigenvalue weighted by Gasteiger charge is -2.23. The number of tetrazole rings is 1. The van der Waals surface area contributed by atoms with Gasteiger partial charge in [-0.05, 0) is 22.3 Å². The average molecular weight is 292 g/mol. The Morgan fingerprint density at radius 3 is 2.67 bits per heavy atom. The number of aryl methyl sites for hydroxylation is 1. The van der Waals surface area contributed by atoms with Gasteiger partial charge in [0.1, 0.15) is 5.69 Å². The maximum Gasteiger partial charge on any atom is 0.308 e. The highest BCUT2D eigenvalue weighted by Crippen LogP contribution is 2.26. The lowest BCUT2D eigenvalue weighted by molar-refractivity contribution is -0.143. The Morgan fingerprint density at radius 1 is 1.43 bits per heavy atom. The Labute approximate surface area is 122 Å². The van der Waals surface area contributed by atoms with E-state index in [4.69, 9.17) is 0 Å². The zero-order chi connectivity index (χ0) is 15.6. The van der Waals surface area contributed by atoms with Crippen LogP contribution >= 0.6 is 0 Å². The van der Waals surface area contributed by atoms with Crippen molar-refractivity contribution in [2.45, 2.75) is 33.7 Å². The van der Waals surface area contributed by atoms with Crippen molar-refractivity contribution in [2.75, 3.05) is 0 Å². The van der Waals surface area contributed by atoms with Crippen LogP contribution in [0.4, 0.5) is 0 Å². The molecule has 0 radical (unpaired) electrons. The lowest BCUT2D eigenvalue weighted by atomic mass is 9.84. The Hall–Kier alpha value is -2.25. The molecule has 0 fully saturated rings. The molecule has 1 unspecified atom stereocenters. The van der Waals surface area contributed by atoms with E-state index in [1.807, 2.05) is 27.8 Å². The van der Waals surface area contributed by atoms with Crippen LogP contribution in [0.15, 0.2) is 12.5 Å². The second kappa shape index (κ2) is 5.63. The Bertz CT molecular complexity index is 625. The number of carboxylic acids is 1. The van der Waals surface area contributed by atoms with Crippen LogP contribution in [0.25, 0.3) is 11.5 Å². The van der Waals surface area contributed by atoms with Gasteiger partial charge in [-0.25, -0.2) is 9.67 Å². The van der Waals surface area contributed by atoms with Gasteiger partial charge < -0.3 is 9.67 Å². The summed E-state index contributed by atoms with van der Waals surface area (Å²) >= 11 is 0. The van der Waals surface area contributed by atoms with Gasteiger partial charge in [0.25, 0.3) is 0 Å². The number of carboxylic acid groups (broad SMARTS) is 1. The third-order valence-corrected chi connectivity index (χ3v) is 3.07. The standard InChI is InChI=1S/C13H20N6O2/c1-13(2,3)5-9(12(20)21)6-19-11(15-16-17-19)10-7-18(4)8-14-10/h7-9H,5-6H2,1-4H3,(H,20,21). The fourth-order valence-electron chi connectivity index (χ4n) is 2.22. The summed E-state index contributed by atoms with van der Waals surface area (Å²) in [4.78, 5) is 15.7. The predicted octanol–water partition coefficient (Wildman–Crippen LogP) is 1.21. The van der Waals surface area contributed by atoms with E-state index in [0.717, 1.165) is 0 Å². The van der Waals surface area contributed by atoms with E-state index in [2.05, 4.69) is 20.5 Å². The van der Waals surface area contributed by atoms with Crippen molar-refractivity contribution in [3.63, 3.8) is 0 Å². The van der Waals surface area contributed by atoms with E-state index in [1.54, 1.807) is 17.1 Å². The first kappa shape index (κ1) is 15.1. The third-order valence-electron chi connectivity index (χ3n) is 3.07. The normalized spacial score (nSPS) is 13.3. The molecule has 0 spiro atoms. The zero-order valence-electron chi connectivity index (χ0n) is 12.7. The van der Waals surface area contributed by atoms with Crippen molar-refractivity contribution in [2.24, 2.45) is 18.4 Å². The fraction of sp³-hybridized carbons (Fsp3) is 0.615. The van der Waals surface area contributed by atoms with Crippen molar-refractivity contribution in [1.29, 1.82) is 0 Å². The average Bonchev–Trinajstić information content (AvgIpc) is 2.95. The summed E-state index contributed by atoms with van der Waals surface area (Å²) in [5, 5.41) is 20.9. The van der Waals surface area contributed by atoms with Gasteiger partial charge in [-0.15, -0.1) is 5.10 Å². The highest BCUT2D eigenvalue weighted by atomic mass is 16.4. The first-order valence-corrected chi connectivity index (χ1v) is 6.73. The number of rotatable bonds is 5. The summed E-state index contributed by atoms with van der Waals surface area (Å²) in [5.41, 5.74) is 0.546. The van der Waals surface area contributed by atoms with Crippen molar-refractivity contribution in [3.8, 4) is 11.5 Å². The van der Waals surface area contributed by atoms with E-state index < -0.39 is 11.9 Å². The topological polar surface area (TPSA) is 98.7 Å². The molecule has 0 amide bonds. The predicted molar refractivity (Wildman–Crippen MR) is 75.2 cm³/mol. The fourth-order valence-corrected chi connectivity index (χ4v) is 2.22. The maximum atomic E-state index is 11.5. The minimum Gasteiger partial charge on any atom is -0.481 e. The summed E-state index contributed by atoms with van der Waals surface area (Å²) in [6.07, 6.45) is 3.99. The molecule has 8 heteroatoms. The molecule has 1 atom stereocenters. The van der Waals surface area contributed by atoms with E-state index in [0.29, 0.717) is 17.9 Å². The minimum atomic E-state index is -0.840. The molecule has 0 aliphatic heterocycles. The Kier molecular flexibility index (Phi) is 4.06. The highest BCUT2D eigenvalue weighted by molar-refractivity contribution is 5.70. The number of nitrogens with zero attached hydrogens (tertiary/aromatic N) is 6. The minimum absolute atomic E-state index is 0.0811. The summed E-state index contributed by atoms with van der Waals surface area (Å²) < 4.78 is 3.30. The monoisotopic (exact) mass is 292 g/mol. The largest absolute Gasteiger partial charge is 0.481 e. The molecular weight excluding hydrogens is 272 g/mol. The van der Waals surface area contributed by atoms with Gasteiger partial charge in [0.2, 0.25) is 5.82 Å². The van der Waals surface area contributed by atoms with Crippen LogP contribution in [0.2, 0.25) is 0 Å². The van der Waals surface area contributed by atoms with Crippen LogP contribution in [0.5, 0.6) is 0 Å². The number of aromatic nitrogens is 6. The lowest BCUT2D eigenvalue weighted by Crippen LogP contribution is -2.26. The van der Waals surface area contributed by atoms with Crippen LogP contribution in [0.1, 0.15) is 27.2 Å². The second-order valence-electron chi connectivity index (χ2n) is 6.41.